The maximum absolute atomic E-state index is 11.6. The van der Waals surface area contributed by atoms with Gasteiger partial charge in [-0.25, -0.2) is 4.79 Å². The third kappa shape index (κ3) is 3.47. The Balaban J connectivity index is 1.90. The van der Waals surface area contributed by atoms with Gasteiger partial charge in [0, 0.05) is 12.3 Å². The van der Waals surface area contributed by atoms with Gasteiger partial charge in [-0.05, 0) is 37.1 Å². The van der Waals surface area contributed by atoms with E-state index in [1.165, 1.54) is 0 Å². The van der Waals surface area contributed by atoms with E-state index in [4.69, 9.17) is 9.47 Å². The molecule has 98 valence electrons. The quantitative estimate of drug-likeness (QED) is 0.814. The van der Waals surface area contributed by atoms with Gasteiger partial charge in [-0.2, -0.15) is 0 Å². The van der Waals surface area contributed by atoms with E-state index in [0.29, 0.717) is 18.2 Å². The van der Waals surface area contributed by atoms with Gasteiger partial charge in [0.2, 0.25) is 0 Å². The Labute approximate surface area is 107 Å². The molecule has 1 N–H and O–H groups in total. The number of carbonyl (C=O) groups is 1. The summed E-state index contributed by atoms with van der Waals surface area (Å²) in [7, 11) is 0. The first-order valence-electron chi connectivity index (χ1n) is 6.41. The van der Waals surface area contributed by atoms with Crippen LogP contribution in [0.5, 0.6) is 0 Å². The van der Waals surface area contributed by atoms with Crippen molar-refractivity contribution >= 4 is 11.7 Å². The Hall–Kier alpha value is -1.55. The SMILES string of the molecule is CCCOC(=O)c1ccc(NC2CCOC2)cc1. The normalized spacial score (nSPS) is 18.6. The second-order valence-electron chi connectivity index (χ2n) is 4.42. The maximum atomic E-state index is 11.6. The zero-order valence-corrected chi connectivity index (χ0v) is 10.6. The molecule has 0 spiro atoms. The first-order chi connectivity index (χ1) is 8.79. The molecule has 1 aromatic carbocycles. The minimum Gasteiger partial charge on any atom is -0.462 e. The molecule has 1 aromatic rings. The summed E-state index contributed by atoms with van der Waals surface area (Å²) in [5, 5.41) is 3.37. The van der Waals surface area contributed by atoms with Gasteiger partial charge in [-0.15, -0.1) is 0 Å². The van der Waals surface area contributed by atoms with Crippen LogP contribution in [0.2, 0.25) is 0 Å². The van der Waals surface area contributed by atoms with Gasteiger partial charge in [0.05, 0.1) is 24.8 Å². The number of nitrogens with one attached hydrogen (secondary N) is 1. The van der Waals surface area contributed by atoms with Gasteiger partial charge < -0.3 is 14.8 Å². The van der Waals surface area contributed by atoms with Gasteiger partial charge in [0.25, 0.3) is 0 Å². The monoisotopic (exact) mass is 249 g/mol. The topological polar surface area (TPSA) is 47.6 Å². The minimum absolute atomic E-state index is 0.257. The Morgan fingerprint density at radius 3 is 2.83 bits per heavy atom. The van der Waals surface area contributed by atoms with Crippen molar-refractivity contribution in [3.8, 4) is 0 Å². The zero-order valence-electron chi connectivity index (χ0n) is 10.6. The number of rotatable bonds is 5. The standard InChI is InChI=1S/C14H19NO3/c1-2-8-18-14(16)11-3-5-12(6-4-11)15-13-7-9-17-10-13/h3-6,13,15H,2,7-10H2,1H3. The van der Waals surface area contributed by atoms with E-state index in [1.807, 2.05) is 19.1 Å². The lowest BCUT2D eigenvalue weighted by molar-refractivity contribution is 0.0505. The van der Waals surface area contributed by atoms with E-state index in [2.05, 4.69) is 5.32 Å². The summed E-state index contributed by atoms with van der Waals surface area (Å²) in [5.74, 6) is -0.257. The molecule has 1 heterocycles. The van der Waals surface area contributed by atoms with Crippen LogP contribution < -0.4 is 5.32 Å². The van der Waals surface area contributed by atoms with Crippen LogP contribution >= 0.6 is 0 Å². The number of esters is 1. The van der Waals surface area contributed by atoms with E-state index < -0.39 is 0 Å². The lowest BCUT2D eigenvalue weighted by Gasteiger charge is -2.12. The molecule has 0 radical (unpaired) electrons. The van der Waals surface area contributed by atoms with Crippen LogP contribution in [-0.2, 0) is 9.47 Å². The number of benzene rings is 1. The van der Waals surface area contributed by atoms with Crippen LogP contribution in [0.4, 0.5) is 5.69 Å². The van der Waals surface area contributed by atoms with E-state index in [-0.39, 0.29) is 5.97 Å². The Kier molecular flexibility index (Phi) is 4.59. The fraction of sp³-hybridized carbons (Fsp3) is 0.500. The molecule has 1 aliphatic heterocycles. The highest BCUT2D eigenvalue weighted by atomic mass is 16.5. The predicted molar refractivity (Wildman–Crippen MR) is 69.9 cm³/mol. The molecule has 1 unspecified atom stereocenters. The van der Waals surface area contributed by atoms with Gasteiger partial charge in [-0.3, -0.25) is 0 Å². The molecule has 1 fully saturated rings. The van der Waals surface area contributed by atoms with Crippen LogP contribution in [0.1, 0.15) is 30.1 Å². The molecule has 0 aliphatic carbocycles. The average molecular weight is 249 g/mol. The van der Waals surface area contributed by atoms with Gasteiger partial charge in [0.1, 0.15) is 0 Å². The highest BCUT2D eigenvalue weighted by molar-refractivity contribution is 5.89. The fourth-order valence-electron chi connectivity index (χ4n) is 1.86. The third-order valence-corrected chi connectivity index (χ3v) is 2.86. The summed E-state index contributed by atoms with van der Waals surface area (Å²) in [4.78, 5) is 11.6. The number of anilines is 1. The molecular weight excluding hydrogens is 230 g/mol. The summed E-state index contributed by atoms with van der Waals surface area (Å²) in [6.45, 7) is 4.02. The average Bonchev–Trinajstić information content (AvgIpc) is 2.89. The summed E-state index contributed by atoms with van der Waals surface area (Å²) >= 11 is 0. The van der Waals surface area contributed by atoms with Crippen LogP contribution in [0.3, 0.4) is 0 Å². The Morgan fingerprint density at radius 1 is 1.44 bits per heavy atom. The molecule has 0 bridgehead atoms. The van der Waals surface area contributed by atoms with Crippen molar-refractivity contribution in [3.05, 3.63) is 29.8 Å². The van der Waals surface area contributed by atoms with E-state index in [1.54, 1.807) is 12.1 Å². The van der Waals surface area contributed by atoms with E-state index >= 15 is 0 Å². The second-order valence-corrected chi connectivity index (χ2v) is 4.42. The molecule has 2 rings (SSSR count). The highest BCUT2D eigenvalue weighted by Gasteiger charge is 2.15. The molecule has 18 heavy (non-hydrogen) atoms. The van der Waals surface area contributed by atoms with Crippen molar-refractivity contribution in [1.82, 2.24) is 0 Å². The van der Waals surface area contributed by atoms with Crippen molar-refractivity contribution in [2.45, 2.75) is 25.8 Å². The Morgan fingerprint density at radius 2 is 2.22 bits per heavy atom. The van der Waals surface area contributed by atoms with Crippen LogP contribution in [0.15, 0.2) is 24.3 Å². The van der Waals surface area contributed by atoms with Crippen LogP contribution in [-0.4, -0.2) is 31.8 Å². The van der Waals surface area contributed by atoms with Crippen molar-refractivity contribution in [3.63, 3.8) is 0 Å². The fourth-order valence-corrected chi connectivity index (χ4v) is 1.86. The molecule has 4 nitrogen and oxygen atoms in total. The van der Waals surface area contributed by atoms with Gasteiger partial charge in [0.15, 0.2) is 0 Å². The molecule has 0 saturated carbocycles. The first-order valence-corrected chi connectivity index (χ1v) is 6.41. The summed E-state index contributed by atoms with van der Waals surface area (Å²) in [5.41, 5.74) is 1.61. The third-order valence-electron chi connectivity index (χ3n) is 2.86. The van der Waals surface area contributed by atoms with Crippen molar-refractivity contribution in [2.24, 2.45) is 0 Å². The van der Waals surface area contributed by atoms with Crippen molar-refractivity contribution < 1.29 is 14.3 Å². The largest absolute Gasteiger partial charge is 0.462 e. The van der Waals surface area contributed by atoms with Crippen molar-refractivity contribution in [2.75, 3.05) is 25.1 Å². The molecule has 1 atom stereocenters. The zero-order chi connectivity index (χ0) is 12.8. The summed E-state index contributed by atoms with van der Waals surface area (Å²) in [6, 6.07) is 7.76. The number of carbonyl (C=O) groups excluding carboxylic acids is 1. The maximum Gasteiger partial charge on any atom is 0.338 e. The summed E-state index contributed by atoms with van der Waals surface area (Å²) < 4.78 is 10.4. The molecule has 1 aliphatic rings. The molecule has 0 aromatic heterocycles. The van der Waals surface area contributed by atoms with E-state index in [9.17, 15) is 4.79 Å². The first kappa shape index (κ1) is 12.9. The number of hydrogen-bond donors (Lipinski definition) is 1. The lowest BCUT2D eigenvalue weighted by atomic mass is 10.2. The van der Waals surface area contributed by atoms with Gasteiger partial charge >= 0.3 is 5.97 Å². The lowest BCUT2D eigenvalue weighted by Crippen LogP contribution is -2.18. The Bertz CT molecular complexity index is 383. The molecular formula is C14H19NO3. The smallest absolute Gasteiger partial charge is 0.338 e. The molecule has 0 amide bonds. The van der Waals surface area contributed by atoms with E-state index in [0.717, 1.165) is 31.7 Å². The van der Waals surface area contributed by atoms with Crippen molar-refractivity contribution in [1.29, 1.82) is 0 Å². The van der Waals surface area contributed by atoms with Crippen LogP contribution in [0, 0.1) is 0 Å². The summed E-state index contributed by atoms with van der Waals surface area (Å²) in [6.07, 6.45) is 1.87. The predicted octanol–water partition coefficient (Wildman–Crippen LogP) is 2.45. The number of ether oxygens (including phenoxy) is 2. The molecule has 4 heteroatoms. The number of hydrogen-bond acceptors (Lipinski definition) is 4. The highest BCUT2D eigenvalue weighted by Crippen LogP contribution is 2.15. The van der Waals surface area contributed by atoms with Crippen LogP contribution in [0.25, 0.3) is 0 Å². The van der Waals surface area contributed by atoms with Gasteiger partial charge in [-0.1, -0.05) is 6.92 Å². The second kappa shape index (κ2) is 6.40. The minimum atomic E-state index is -0.257. The molecule has 1 saturated heterocycles.